The van der Waals surface area contributed by atoms with Crippen LogP contribution in [0.1, 0.15) is 23.8 Å². The molecule has 0 atom stereocenters. The quantitative estimate of drug-likeness (QED) is 0.472. The molecule has 0 amide bonds. The molecule has 25 heavy (non-hydrogen) atoms. The number of hydrogen-bond donors (Lipinski definition) is 2. The second kappa shape index (κ2) is 8.27. The van der Waals surface area contributed by atoms with Crippen molar-refractivity contribution in [1.29, 1.82) is 0 Å². The smallest absolute Gasteiger partial charge is 0.336 e. The average Bonchev–Trinajstić information content (AvgIpc) is 3.10. The van der Waals surface area contributed by atoms with E-state index in [1.807, 2.05) is 25.1 Å². The Morgan fingerprint density at radius 3 is 2.88 bits per heavy atom. The van der Waals surface area contributed by atoms with Gasteiger partial charge in [0.1, 0.15) is 17.1 Å². The molecule has 0 fully saturated rings. The molecule has 0 unspecified atom stereocenters. The van der Waals surface area contributed by atoms with Crippen molar-refractivity contribution >= 4 is 22.7 Å². The van der Waals surface area contributed by atoms with Crippen molar-refractivity contribution in [1.82, 2.24) is 5.32 Å². The molecule has 0 saturated carbocycles. The zero-order valence-electron chi connectivity index (χ0n) is 14.1. The first-order valence-electron chi connectivity index (χ1n) is 8.27. The molecule has 2 heterocycles. The molecule has 0 spiro atoms. The van der Waals surface area contributed by atoms with Crippen LogP contribution >= 0.6 is 11.8 Å². The molecule has 1 aromatic carbocycles. The summed E-state index contributed by atoms with van der Waals surface area (Å²) in [7, 11) is 0. The maximum atomic E-state index is 11.7. The number of nitrogens with one attached hydrogen (secondary N) is 1. The van der Waals surface area contributed by atoms with Crippen molar-refractivity contribution < 1.29 is 13.9 Å². The van der Waals surface area contributed by atoms with E-state index in [4.69, 9.17) is 8.83 Å². The van der Waals surface area contributed by atoms with Gasteiger partial charge in [0.05, 0.1) is 12.0 Å². The number of furan rings is 1. The summed E-state index contributed by atoms with van der Waals surface area (Å²) in [4.78, 5) is 11.7. The van der Waals surface area contributed by atoms with Gasteiger partial charge in [0.2, 0.25) is 0 Å². The fourth-order valence-electron chi connectivity index (χ4n) is 2.67. The van der Waals surface area contributed by atoms with Crippen LogP contribution in [0.4, 0.5) is 0 Å². The number of benzene rings is 1. The molecule has 5 nitrogen and oxygen atoms in total. The van der Waals surface area contributed by atoms with Gasteiger partial charge in [-0.2, -0.15) is 11.8 Å². The molecule has 0 aliphatic carbocycles. The fraction of sp³-hybridized carbons (Fsp3) is 0.316. The topological polar surface area (TPSA) is 75.6 Å². The summed E-state index contributed by atoms with van der Waals surface area (Å²) < 4.78 is 10.5. The number of aryl methyl sites for hydroxylation is 1. The number of phenols is 1. The Kier molecular flexibility index (Phi) is 5.83. The Morgan fingerprint density at radius 1 is 1.24 bits per heavy atom. The maximum Gasteiger partial charge on any atom is 0.336 e. The molecule has 3 rings (SSSR count). The number of phenolic OH excluding ortho intramolecular Hbond substituents is 1. The van der Waals surface area contributed by atoms with Crippen molar-refractivity contribution in [3.05, 3.63) is 63.9 Å². The Hall–Kier alpha value is -2.18. The molecule has 3 aromatic rings. The fourth-order valence-corrected chi connectivity index (χ4v) is 3.47. The first kappa shape index (κ1) is 17.6. The zero-order valence-corrected chi connectivity index (χ0v) is 14.9. The van der Waals surface area contributed by atoms with Gasteiger partial charge in [0.15, 0.2) is 0 Å². The third-order valence-electron chi connectivity index (χ3n) is 3.97. The van der Waals surface area contributed by atoms with Gasteiger partial charge in [-0.25, -0.2) is 4.79 Å². The Balaban J connectivity index is 1.61. The highest BCUT2D eigenvalue weighted by Gasteiger charge is 2.09. The molecular formula is C19H21NO4S. The monoisotopic (exact) mass is 359 g/mol. The normalized spacial score (nSPS) is 11.2. The first-order valence-corrected chi connectivity index (χ1v) is 9.42. The predicted molar refractivity (Wildman–Crippen MR) is 100 cm³/mol. The molecule has 2 N–H and O–H groups in total. The molecule has 6 heteroatoms. The van der Waals surface area contributed by atoms with Crippen LogP contribution in [-0.4, -0.2) is 17.4 Å². The number of fused-ring (bicyclic) bond motifs is 1. The number of aromatic hydroxyl groups is 1. The van der Waals surface area contributed by atoms with E-state index >= 15 is 0 Å². The van der Waals surface area contributed by atoms with Gasteiger partial charge in [-0.1, -0.05) is 6.92 Å². The van der Waals surface area contributed by atoms with E-state index in [2.05, 4.69) is 5.32 Å². The lowest BCUT2D eigenvalue weighted by Crippen LogP contribution is -2.18. The van der Waals surface area contributed by atoms with E-state index in [0.717, 1.165) is 46.7 Å². The summed E-state index contributed by atoms with van der Waals surface area (Å²) in [5.74, 6) is 2.94. The van der Waals surface area contributed by atoms with Crippen LogP contribution in [0.15, 0.2) is 50.2 Å². The summed E-state index contributed by atoms with van der Waals surface area (Å²) in [5, 5.41) is 14.2. The van der Waals surface area contributed by atoms with E-state index in [-0.39, 0.29) is 5.75 Å². The summed E-state index contributed by atoms with van der Waals surface area (Å²) in [5.41, 5.74) is 1.75. The van der Waals surface area contributed by atoms with E-state index in [9.17, 15) is 9.90 Å². The van der Waals surface area contributed by atoms with Crippen LogP contribution < -0.4 is 10.9 Å². The molecule has 0 aliphatic heterocycles. The lowest BCUT2D eigenvalue weighted by molar-refractivity contribution is 0.466. The molecule has 0 radical (unpaired) electrons. The Labute approximate surface area is 150 Å². The third kappa shape index (κ3) is 4.46. The zero-order chi connectivity index (χ0) is 17.6. The van der Waals surface area contributed by atoms with Gasteiger partial charge in [-0.3, -0.25) is 0 Å². The van der Waals surface area contributed by atoms with Gasteiger partial charge in [0, 0.05) is 36.4 Å². The van der Waals surface area contributed by atoms with Crippen LogP contribution in [0.3, 0.4) is 0 Å². The van der Waals surface area contributed by atoms with Crippen LogP contribution in [0.2, 0.25) is 0 Å². The van der Waals surface area contributed by atoms with E-state index in [1.165, 1.54) is 12.1 Å². The van der Waals surface area contributed by atoms with Crippen molar-refractivity contribution in [2.75, 3.05) is 12.3 Å². The highest BCUT2D eigenvalue weighted by Crippen LogP contribution is 2.26. The van der Waals surface area contributed by atoms with Crippen LogP contribution in [0.25, 0.3) is 11.0 Å². The van der Waals surface area contributed by atoms with Crippen molar-refractivity contribution in [3.8, 4) is 5.75 Å². The summed E-state index contributed by atoms with van der Waals surface area (Å²) in [6.45, 7) is 3.39. The SMILES string of the molecule is CCc1cc2c(CNCCSCc3ccco3)cc(=O)oc2cc1O. The molecular weight excluding hydrogens is 338 g/mol. The highest BCUT2D eigenvalue weighted by atomic mass is 32.2. The van der Waals surface area contributed by atoms with Gasteiger partial charge >= 0.3 is 5.63 Å². The van der Waals surface area contributed by atoms with Gasteiger partial charge in [-0.05, 0) is 35.7 Å². The van der Waals surface area contributed by atoms with Gasteiger partial charge in [0.25, 0.3) is 0 Å². The lowest BCUT2D eigenvalue weighted by Gasteiger charge is -2.09. The second-order valence-electron chi connectivity index (χ2n) is 5.73. The van der Waals surface area contributed by atoms with Crippen molar-refractivity contribution in [2.24, 2.45) is 0 Å². The number of rotatable bonds is 8. The number of thioether (sulfide) groups is 1. The van der Waals surface area contributed by atoms with Gasteiger partial charge < -0.3 is 19.3 Å². The van der Waals surface area contributed by atoms with E-state index < -0.39 is 5.63 Å². The van der Waals surface area contributed by atoms with E-state index in [1.54, 1.807) is 18.0 Å². The van der Waals surface area contributed by atoms with Crippen molar-refractivity contribution in [2.45, 2.75) is 25.6 Å². The molecule has 0 bridgehead atoms. The standard InChI is InChI=1S/C19H21NO4S/c1-2-13-8-16-14(9-19(22)24-18(16)10-17(13)21)11-20-5-7-25-12-15-4-3-6-23-15/h3-4,6,8-10,20-21H,2,5,7,11-12H2,1H3. The first-order chi connectivity index (χ1) is 12.2. The summed E-state index contributed by atoms with van der Waals surface area (Å²) in [6, 6.07) is 8.80. The highest BCUT2D eigenvalue weighted by molar-refractivity contribution is 7.98. The molecule has 2 aromatic heterocycles. The second-order valence-corrected chi connectivity index (χ2v) is 6.84. The Morgan fingerprint density at radius 2 is 2.12 bits per heavy atom. The van der Waals surface area contributed by atoms with Crippen molar-refractivity contribution in [3.63, 3.8) is 0 Å². The van der Waals surface area contributed by atoms with Crippen LogP contribution in [-0.2, 0) is 18.7 Å². The lowest BCUT2D eigenvalue weighted by atomic mass is 10.0. The minimum absolute atomic E-state index is 0.164. The summed E-state index contributed by atoms with van der Waals surface area (Å²) in [6.07, 6.45) is 2.40. The van der Waals surface area contributed by atoms with E-state index in [0.29, 0.717) is 12.1 Å². The Bertz CT molecular complexity index is 886. The summed E-state index contributed by atoms with van der Waals surface area (Å²) >= 11 is 1.79. The molecule has 0 aliphatic rings. The predicted octanol–water partition coefficient (Wildman–Crippen LogP) is 3.68. The van der Waals surface area contributed by atoms with Crippen LogP contribution in [0.5, 0.6) is 5.75 Å². The van der Waals surface area contributed by atoms with Crippen LogP contribution in [0, 0.1) is 0 Å². The molecule has 0 saturated heterocycles. The number of hydrogen-bond acceptors (Lipinski definition) is 6. The minimum atomic E-state index is -0.403. The maximum absolute atomic E-state index is 11.7. The minimum Gasteiger partial charge on any atom is -0.508 e. The molecule has 132 valence electrons. The van der Waals surface area contributed by atoms with Gasteiger partial charge in [-0.15, -0.1) is 0 Å². The third-order valence-corrected chi connectivity index (χ3v) is 4.95. The average molecular weight is 359 g/mol. The largest absolute Gasteiger partial charge is 0.508 e.